The number of rotatable bonds is 6. The van der Waals surface area contributed by atoms with Crippen LogP contribution in [0.3, 0.4) is 0 Å². The van der Waals surface area contributed by atoms with Gasteiger partial charge in [0.15, 0.2) is 0 Å². The number of aryl methyl sites for hydroxylation is 1. The van der Waals surface area contributed by atoms with Crippen molar-refractivity contribution in [1.82, 2.24) is 5.32 Å². The van der Waals surface area contributed by atoms with Crippen LogP contribution in [-0.2, 0) is 4.79 Å². The average molecular weight is 390 g/mol. The lowest BCUT2D eigenvalue weighted by Gasteiger charge is -2.10. The zero-order chi connectivity index (χ0) is 17.5. The number of nitrogens with one attached hydrogen (secondary N) is 3. The van der Waals surface area contributed by atoms with Crippen LogP contribution in [0.4, 0.5) is 11.4 Å². The van der Waals surface area contributed by atoms with Crippen molar-refractivity contribution in [2.45, 2.75) is 13.8 Å². The molecule has 2 aromatic carbocycles. The first-order chi connectivity index (χ1) is 11.5. The van der Waals surface area contributed by atoms with E-state index in [0.717, 1.165) is 15.7 Å². The zero-order valence-electron chi connectivity index (χ0n) is 13.7. The molecule has 126 valence electrons. The van der Waals surface area contributed by atoms with Gasteiger partial charge in [-0.15, -0.1) is 0 Å². The van der Waals surface area contributed by atoms with Gasteiger partial charge in [0.1, 0.15) is 0 Å². The molecule has 0 atom stereocenters. The van der Waals surface area contributed by atoms with Crippen molar-refractivity contribution < 1.29 is 9.59 Å². The van der Waals surface area contributed by atoms with Crippen molar-refractivity contribution >= 4 is 39.1 Å². The Kier molecular flexibility index (Phi) is 6.37. The van der Waals surface area contributed by atoms with Gasteiger partial charge in [-0.2, -0.15) is 0 Å². The van der Waals surface area contributed by atoms with Gasteiger partial charge >= 0.3 is 0 Å². The molecule has 0 unspecified atom stereocenters. The van der Waals surface area contributed by atoms with E-state index in [1.807, 2.05) is 32.0 Å². The highest BCUT2D eigenvalue weighted by molar-refractivity contribution is 9.10. The number of benzene rings is 2. The van der Waals surface area contributed by atoms with Crippen LogP contribution in [0, 0.1) is 6.92 Å². The molecule has 0 radical (unpaired) electrons. The van der Waals surface area contributed by atoms with E-state index in [1.165, 1.54) is 0 Å². The number of halogens is 1. The summed E-state index contributed by atoms with van der Waals surface area (Å²) in [4.78, 5) is 23.9. The third-order valence-electron chi connectivity index (χ3n) is 3.31. The first-order valence-corrected chi connectivity index (χ1v) is 8.47. The van der Waals surface area contributed by atoms with E-state index in [0.29, 0.717) is 17.8 Å². The van der Waals surface area contributed by atoms with Gasteiger partial charge in [-0.25, -0.2) is 0 Å². The number of hydrogen-bond acceptors (Lipinski definition) is 3. The molecule has 0 aliphatic rings. The van der Waals surface area contributed by atoms with Gasteiger partial charge in [0.05, 0.1) is 6.54 Å². The lowest BCUT2D eigenvalue weighted by molar-refractivity contribution is -0.114. The molecular formula is C18H20BrN3O2. The van der Waals surface area contributed by atoms with Crippen LogP contribution in [0.2, 0.25) is 0 Å². The first-order valence-electron chi connectivity index (χ1n) is 7.67. The van der Waals surface area contributed by atoms with Crippen molar-refractivity contribution in [2.24, 2.45) is 0 Å². The molecule has 0 bridgehead atoms. The minimum atomic E-state index is -0.185. The second kappa shape index (κ2) is 8.49. The average Bonchev–Trinajstić information content (AvgIpc) is 2.54. The van der Waals surface area contributed by atoms with Crippen LogP contribution in [0.15, 0.2) is 46.9 Å². The summed E-state index contributed by atoms with van der Waals surface area (Å²) in [6, 6.07) is 12.7. The predicted molar refractivity (Wildman–Crippen MR) is 100 cm³/mol. The fourth-order valence-corrected chi connectivity index (χ4v) is 2.78. The summed E-state index contributed by atoms with van der Waals surface area (Å²) in [6.07, 6.45) is 0. The molecule has 6 heteroatoms. The Morgan fingerprint density at radius 3 is 2.62 bits per heavy atom. The van der Waals surface area contributed by atoms with E-state index in [1.54, 1.807) is 24.3 Å². The molecule has 0 fully saturated rings. The van der Waals surface area contributed by atoms with Crippen LogP contribution < -0.4 is 16.0 Å². The van der Waals surface area contributed by atoms with Crippen molar-refractivity contribution in [2.75, 3.05) is 23.7 Å². The molecule has 0 aliphatic heterocycles. The van der Waals surface area contributed by atoms with E-state index in [2.05, 4.69) is 31.9 Å². The largest absolute Gasteiger partial charge is 0.375 e. The minimum absolute atomic E-state index is 0.132. The second-order valence-electron chi connectivity index (χ2n) is 5.33. The Morgan fingerprint density at radius 2 is 1.92 bits per heavy atom. The van der Waals surface area contributed by atoms with Gasteiger partial charge in [-0.1, -0.05) is 12.1 Å². The standard InChI is InChI=1S/C18H20BrN3O2/c1-3-20-18(24)13-5-4-6-14(10-13)22-17(23)11-21-16-8-7-12(2)9-15(16)19/h4-10,21H,3,11H2,1-2H3,(H,20,24)(H,22,23). The van der Waals surface area contributed by atoms with E-state index in [9.17, 15) is 9.59 Å². The fourth-order valence-electron chi connectivity index (χ4n) is 2.14. The van der Waals surface area contributed by atoms with Crippen LogP contribution >= 0.6 is 15.9 Å². The zero-order valence-corrected chi connectivity index (χ0v) is 15.2. The quantitative estimate of drug-likeness (QED) is 0.707. The highest BCUT2D eigenvalue weighted by Crippen LogP contribution is 2.23. The van der Waals surface area contributed by atoms with Crippen LogP contribution in [-0.4, -0.2) is 24.9 Å². The highest BCUT2D eigenvalue weighted by Gasteiger charge is 2.08. The molecule has 0 aromatic heterocycles. The molecule has 24 heavy (non-hydrogen) atoms. The van der Waals surface area contributed by atoms with Gasteiger partial charge in [-0.05, 0) is 65.7 Å². The summed E-state index contributed by atoms with van der Waals surface area (Å²) in [6.45, 7) is 4.55. The molecule has 0 aliphatic carbocycles. The maximum Gasteiger partial charge on any atom is 0.251 e. The van der Waals surface area contributed by atoms with Crippen molar-refractivity contribution in [3.05, 3.63) is 58.1 Å². The van der Waals surface area contributed by atoms with Gasteiger partial charge in [0.25, 0.3) is 5.91 Å². The SMILES string of the molecule is CCNC(=O)c1cccc(NC(=O)CNc2ccc(C)cc2Br)c1. The van der Waals surface area contributed by atoms with Crippen LogP contribution in [0.1, 0.15) is 22.8 Å². The number of carbonyl (C=O) groups excluding carboxylic acids is 2. The van der Waals surface area contributed by atoms with Gasteiger partial charge in [0, 0.05) is 28.0 Å². The number of amides is 2. The first kappa shape index (κ1) is 18.0. The molecule has 0 saturated heterocycles. The van der Waals surface area contributed by atoms with Gasteiger partial charge in [-0.3, -0.25) is 9.59 Å². The molecule has 2 aromatic rings. The predicted octanol–water partition coefficient (Wildman–Crippen LogP) is 3.56. The number of hydrogen-bond donors (Lipinski definition) is 3. The third-order valence-corrected chi connectivity index (χ3v) is 3.97. The highest BCUT2D eigenvalue weighted by atomic mass is 79.9. The normalized spacial score (nSPS) is 10.1. The maximum absolute atomic E-state index is 12.1. The summed E-state index contributed by atoms with van der Waals surface area (Å²) >= 11 is 3.47. The van der Waals surface area contributed by atoms with E-state index in [-0.39, 0.29) is 18.4 Å². The molecule has 3 N–H and O–H groups in total. The molecule has 0 heterocycles. The summed E-state index contributed by atoms with van der Waals surface area (Å²) in [5.74, 6) is -0.342. The summed E-state index contributed by atoms with van der Waals surface area (Å²) in [5.41, 5.74) is 3.10. The Morgan fingerprint density at radius 1 is 1.12 bits per heavy atom. The Bertz CT molecular complexity index is 747. The van der Waals surface area contributed by atoms with Crippen molar-refractivity contribution in [3.63, 3.8) is 0 Å². The van der Waals surface area contributed by atoms with E-state index in [4.69, 9.17) is 0 Å². The lowest BCUT2D eigenvalue weighted by Crippen LogP contribution is -2.24. The molecular weight excluding hydrogens is 370 g/mol. The monoisotopic (exact) mass is 389 g/mol. The number of carbonyl (C=O) groups is 2. The summed E-state index contributed by atoms with van der Waals surface area (Å²) in [7, 11) is 0. The van der Waals surface area contributed by atoms with E-state index >= 15 is 0 Å². The van der Waals surface area contributed by atoms with Gasteiger partial charge < -0.3 is 16.0 Å². The topological polar surface area (TPSA) is 70.2 Å². The van der Waals surface area contributed by atoms with Gasteiger partial charge in [0.2, 0.25) is 5.91 Å². The second-order valence-corrected chi connectivity index (χ2v) is 6.18. The molecule has 0 spiro atoms. The smallest absolute Gasteiger partial charge is 0.251 e. The summed E-state index contributed by atoms with van der Waals surface area (Å²) in [5, 5.41) is 8.59. The van der Waals surface area contributed by atoms with Crippen molar-refractivity contribution in [3.8, 4) is 0 Å². The Balaban J connectivity index is 1.95. The fraction of sp³-hybridized carbons (Fsp3) is 0.222. The number of anilines is 2. The Labute approximate surface area is 150 Å². The molecule has 0 saturated carbocycles. The molecule has 5 nitrogen and oxygen atoms in total. The van der Waals surface area contributed by atoms with Crippen LogP contribution in [0.5, 0.6) is 0 Å². The third kappa shape index (κ3) is 5.09. The van der Waals surface area contributed by atoms with Crippen LogP contribution in [0.25, 0.3) is 0 Å². The maximum atomic E-state index is 12.1. The molecule has 2 amide bonds. The van der Waals surface area contributed by atoms with E-state index < -0.39 is 0 Å². The Hall–Kier alpha value is -2.34. The lowest BCUT2D eigenvalue weighted by atomic mass is 10.2. The minimum Gasteiger partial charge on any atom is -0.375 e. The van der Waals surface area contributed by atoms with Crippen molar-refractivity contribution in [1.29, 1.82) is 0 Å². The molecule has 2 rings (SSSR count). The summed E-state index contributed by atoms with van der Waals surface area (Å²) < 4.78 is 0.911.